The summed E-state index contributed by atoms with van der Waals surface area (Å²) in [6.45, 7) is 3.63. The molecule has 0 fully saturated rings. The Morgan fingerprint density at radius 3 is 2.83 bits per heavy atom. The van der Waals surface area contributed by atoms with E-state index in [4.69, 9.17) is 16.0 Å². The van der Waals surface area contributed by atoms with Gasteiger partial charge >= 0.3 is 0 Å². The summed E-state index contributed by atoms with van der Waals surface area (Å²) < 4.78 is 0. The van der Waals surface area contributed by atoms with Crippen LogP contribution in [0.25, 0.3) is 0 Å². The molecule has 1 aliphatic heterocycles. The van der Waals surface area contributed by atoms with E-state index in [2.05, 4.69) is 5.48 Å². The molecule has 0 bridgehead atoms. The molecule has 0 amide bonds. The number of hydroxylamine groups is 1. The largest absolute Gasteiger partial charge is 0.408 e. The summed E-state index contributed by atoms with van der Waals surface area (Å²) in [7, 11) is 0. The van der Waals surface area contributed by atoms with E-state index >= 15 is 0 Å². The van der Waals surface area contributed by atoms with Crippen molar-refractivity contribution in [3.8, 4) is 0 Å². The maximum atomic E-state index is 7.39. The Morgan fingerprint density at radius 1 is 1.83 bits per heavy atom. The lowest BCUT2D eigenvalue weighted by molar-refractivity contribution is 0.127. The van der Waals surface area contributed by atoms with Gasteiger partial charge in [-0.25, -0.2) is 0 Å². The van der Waals surface area contributed by atoms with Gasteiger partial charge in [-0.2, -0.15) is 0 Å². The van der Waals surface area contributed by atoms with E-state index in [9.17, 15) is 0 Å². The third-order valence-electron chi connectivity index (χ3n) is 1.59. The van der Waals surface area contributed by atoms with Gasteiger partial charge in [0.2, 0.25) is 0 Å². The van der Waals surface area contributed by atoms with Crippen LogP contribution in [0.2, 0.25) is 0 Å². The summed E-state index contributed by atoms with van der Waals surface area (Å²) in [6, 6.07) is 0.175. The summed E-state index contributed by atoms with van der Waals surface area (Å²) in [5.74, 6) is 0.637. The Balaban J connectivity index is 2.82. The number of allylic oxidation sites excluding steroid dienone is 1. The van der Waals surface area contributed by atoms with Crippen molar-refractivity contribution in [3.05, 3.63) is 23.6 Å². The molecule has 66 valence electrons. The first-order valence-corrected chi connectivity index (χ1v) is 3.77. The predicted molar refractivity (Wildman–Crippen MR) is 47.4 cm³/mol. The molecule has 0 saturated heterocycles. The highest BCUT2D eigenvalue weighted by molar-refractivity contribution is 5.99. The first-order chi connectivity index (χ1) is 5.65. The van der Waals surface area contributed by atoms with Crippen molar-refractivity contribution in [1.82, 2.24) is 5.48 Å². The molecule has 0 radical (unpaired) electrons. The molecule has 1 atom stereocenters. The van der Waals surface area contributed by atoms with E-state index in [1.165, 1.54) is 6.20 Å². The van der Waals surface area contributed by atoms with E-state index in [0.717, 1.165) is 0 Å². The van der Waals surface area contributed by atoms with Crippen molar-refractivity contribution >= 4 is 5.71 Å². The highest BCUT2D eigenvalue weighted by Gasteiger charge is 2.16. The molecular formula is C8H13N3O. The quantitative estimate of drug-likeness (QED) is 0.529. The fourth-order valence-corrected chi connectivity index (χ4v) is 0.988. The van der Waals surface area contributed by atoms with Gasteiger partial charge in [0.05, 0.1) is 11.6 Å². The minimum atomic E-state index is 0.175. The number of hydrogen-bond donors (Lipinski definition) is 3. The van der Waals surface area contributed by atoms with Crippen molar-refractivity contribution in [2.75, 3.05) is 0 Å². The second kappa shape index (κ2) is 3.40. The second-order valence-corrected chi connectivity index (χ2v) is 2.74. The summed E-state index contributed by atoms with van der Waals surface area (Å²) >= 11 is 0. The van der Waals surface area contributed by atoms with Crippen LogP contribution in [0.4, 0.5) is 0 Å². The molecule has 0 aromatic heterocycles. The Labute approximate surface area is 71.6 Å². The molecule has 1 unspecified atom stereocenters. The number of nitrogens with two attached hydrogens (primary N) is 1. The van der Waals surface area contributed by atoms with Crippen molar-refractivity contribution in [2.45, 2.75) is 19.9 Å². The zero-order valence-corrected chi connectivity index (χ0v) is 7.22. The molecule has 0 aromatic carbocycles. The van der Waals surface area contributed by atoms with Gasteiger partial charge in [0.1, 0.15) is 0 Å². The van der Waals surface area contributed by atoms with Crippen LogP contribution in [0.15, 0.2) is 23.6 Å². The standard InChI is InChI=1S/C8H13N3O/c1-5-3-8(12-11-5)7(4-9)6(2)10/h3-5,10-11H,9H2,1-2H3/b7-4+,10-6?. The van der Waals surface area contributed by atoms with Crippen LogP contribution in [0, 0.1) is 5.41 Å². The molecule has 0 aromatic rings. The van der Waals surface area contributed by atoms with Crippen LogP contribution >= 0.6 is 0 Å². The first-order valence-electron chi connectivity index (χ1n) is 3.77. The van der Waals surface area contributed by atoms with Crippen molar-refractivity contribution in [1.29, 1.82) is 5.41 Å². The van der Waals surface area contributed by atoms with Crippen LogP contribution in [-0.2, 0) is 4.84 Å². The molecule has 1 heterocycles. The smallest absolute Gasteiger partial charge is 0.155 e. The highest BCUT2D eigenvalue weighted by Crippen LogP contribution is 2.16. The normalized spacial score (nSPS) is 23.3. The summed E-state index contributed by atoms with van der Waals surface area (Å²) in [6.07, 6.45) is 3.27. The lowest BCUT2D eigenvalue weighted by Crippen LogP contribution is -2.16. The molecule has 0 saturated carbocycles. The van der Waals surface area contributed by atoms with E-state index < -0.39 is 0 Å². The average Bonchev–Trinajstić information content (AvgIpc) is 2.37. The molecule has 1 aliphatic rings. The molecule has 4 nitrogen and oxygen atoms in total. The Hall–Kier alpha value is -1.29. The van der Waals surface area contributed by atoms with Crippen LogP contribution in [0.5, 0.6) is 0 Å². The van der Waals surface area contributed by atoms with Crippen molar-refractivity contribution in [2.24, 2.45) is 5.73 Å². The Kier molecular flexibility index (Phi) is 2.50. The second-order valence-electron chi connectivity index (χ2n) is 2.74. The van der Waals surface area contributed by atoms with Gasteiger partial charge < -0.3 is 16.0 Å². The Bertz CT molecular complexity index is 255. The number of rotatable bonds is 2. The minimum Gasteiger partial charge on any atom is -0.408 e. The maximum absolute atomic E-state index is 7.39. The van der Waals surface area contributed by atoms with Gasteiger partial charge in [0, 0.05) is 11.9 Å². The van der Waals surface area contributed by atoms with Gasteiger partial charge in [0.15, 0.2) is 5.76 Å². The van der Waals surface area contributed by atoms with Gasteiger partial charge in [-0.05, 0) is 19.9 Å². The fraction of sp³-hybridized carbons (Fsp3) is 0.375. The molecule has 4 N–H and O–H groups in total. The molecule has 0 spiro atoms. The third kappa shape index (κ3) is 1.65. The number of hydrogen-bond acceptors (Lipinski definition) is 4. The molecule has 12 heavy (non-hydrogen) atoms. The lowest BCUT2D eigenvalue weighted by Gasteiger charge is -2.05. The van der Waals surface area contributed by atoms with E-state index in [1.807, 2.05) is 13.0 Å². The molecular weight excluding hydrogens is 154 g/mol. The van der Waals surface area contributed by atoms with E-state index in [1.54, 1.807) is 6.92 Å². The van der Waals surface area contributed by atoms with Gasteiger partial charge in [-0.1, -0.05) is 0 Å². The molecule has 4 heteroatoms. The van der Waals surface area contributed by atoms with E-state index in [-0.39, 0.29) is 6.04 Å². The first kappa shape index (κ1) is 8.80. The molecule has 0 aliphatic carbocycles. The van der Waals surface area contributed by atoms with Gasteiger partial charge in [-0.15, -0.1) is 5.48 Å². The van der Waals surface area contributed by atoms with Crippen LogP contribution in [-0.4, -0.2) is 11.8 Å². The number of nitrogens with one attached hydrogen (secondary N) is 2. The minimum absolute atomic E-state index is 0.175. The summed E-state index contributed by atoms with van der Waals surface area (Å²) in [5.41, 5.74) is 9.13. The van der Waals surface area contributed by atoms with Crippen LogP contribution < -0.4 is 11.2 Å². The molecule has 1 rings (SSSR count). The zero-order chi connectivity index (χ0) is 9.14. The van der Waals surface area contributed by atoms with E-state index in [0.29, 0.717) is 17.0 Å². The van der Waals surface area contributed by atoms with Crippen LogP contribution in [0.3, 0.4) is 0 Å². The van der Waals surface area contributed by atoms with Crippen molar-refractivity contribution < 1.29 is 4.84 Å². The monoisotopic (exact) mass is 167 g/mol. The topological polar surface area (TPSA) is 71.1 Å². The van der Waals surface area contributed by atoms with Crippen LogP contribution in [0.1, 0.15) is 13.8 Å². The lowest BCUT2D eigenvalue weighted by atomic mass is 10.1. The summed E-state index contributed by atoms with van der Waals surface area (Å²) in [4.78, 5) is 5.10. The fourth-order valence-electron chi connectivity index (χ4n) is 0.988. The Morgan fingerprint density at radius 2 is 2.50 bits per heavy atom. The highest BCUT2D eigenvalue weighted by atomic mass is 16.7. The predicted octanol–water partition coefficient (Wildman–Crippen LogP) is 0.676. The van der Waals surface area contributed by atoms with Gasteiger partial charge in [0.25, 0.3) is 0 Å². The zero-order valence-electron chi connectivity index (χ0n) is 7.22. The average molecular weight is 167 g/mol. The summed E-state index contributed by atoms with van der Waals surface area (Å²) in [5, 5.41) is 7.39. The SMILES string of the molecule is CC(=N)/C(=C\N)C1=CC(C)NO1. The third-order valence-corrected chi connectivity index (χ3v) is 1.59. The maximum Gasteiger partial charge on any atom is 0.155 e. The van der Waals surface area contributed by atoms with Gasteiger partial charge in [-0.3, -0.25) is 0 Å². The van der Waals surface area contributed by atoms with Crippen molar-refractivity contribution in [3.63, 3.8) is 0 Å².